The van der Waals surface area contributed by atoms with E-state index in [1.807, 2.05) is 30.3 Å². The summed E-state index contributed by atoms with van der Waals surface area (Å²) in [6.07, 6.45) is 6.64. The molecule has 0 aliphatic heterocycles. The average molecular weight is 367 g/mol. The molecule has 0 heterocycles. The molecule has 5 nitrogen and oxygen atoms in total. The third-order valence-electron chi connectivity index (χ3n) is 3.91. The molecule has 6 heteroatoms. The van der Waals surface area contributed by atoms with Gasteiger partial charge in [0.1, 0.15) is 13.2 Å². The van der Waals surface area contributed by atoms with Gasteiger partial charge in [-0.2, -0.15) is 0 Å². The number of carbonyl (C=O) groups excluding carboxylic acids is 1. The van der Waals surface area contributed by atoms with Crippen LogP contribution in [0, 0.1) is 0 Å². The zero-order valence-corrected chi connectivity index (χ0v) is 15.9. The van der Waals surface area contributed by atoms with E-state index in [0.717, 1.165) is 18.5 Å². The van der Waals surface area contributed by atoms with Crippen molar-refractivity contribution in [3.8, 4) is 0 Å². The Kier molecular flexibility index (Phi) is 11.4. The molecule has 0 fully saturated rings. The number of hydrogen-bond acceptors (Lipinski definition) is 4. The lowest BCUT2D eigenvalue weighted by molar-refractivity contribution is 0.135. The molecule has 1 atom stereocenters. The van der Waals surface area contributed by atoms with Crippen LogP contribution >= 0.6 is 12.2 Å². The highest BCUT2D eigenvalue weighted by atomic mass is 32.1. The van der Waals surface area contributed by atoms with E-state index in [2.05, 4.69) is 12.2 Å². The zero-order valence-electron chi connectivity index (χ0n) is 15.0. The van der Waals surface area contributed by atoms with Crippen molar-refractivity contribution in [3.63, 3.8) is 0 Å². The molecule has 0 saturated heterocycles. The fourth-order valence-electron chi connectivity index (χ4n) is 2.47. The Bertz CT molecular complexity index is 497. The van der Waals surface area contributed by atoms with Crippen molar-refractivity contribution in [2.24, 2.45) is 5.73 Å². The summed E-state index contributed by atoms with van der Waals surface area (Å²) >= 11 is 5.21. The number of ether oxygens (including phenoxy) is 2. The second-order valence-electron chi connectivity index (χ2n) is 6.03. The van der Waals surface area contributed by atoms with Gasteiger partial charge in [-0.3, -0.25) is 0 Å². The summed E-state index contributed by atoms with van der Waals surface area (Å²) in [5.41, 5.74) is 6.08. The molecular weight excluding hydrogens is 336 g/mol. The van der Waals surface area contributed by atoms with E-state index in [1.54, 1.807) is 0 Å². The van der Waals surface area contributed by atoms with Gasteiger partial charge in [-0.1, -0.05) is 69.4 Å². The number of amides is 1. The maximum atomic E-state index is 10.9. The Morgan fingerprint density at radius 2 is 1.72 bits per heavy atom. The number of primary amides is 1. The first-order chi connectivity index (χ1) is 12.1. The summed E-state index contributed by atoms with van der Waals surface area (Å²) < 4.78 is 10.6. The van der Waals surface area contributed by atoms with Gasteiger partial charge in [-0.05, 0) is 24.2 Å². The van der Waals surface area contributed by atoms with E-state index >= 15 is 0 Å². The molecule has 1 aromatic rings. The number of unbranched alkanes of at least 4 members (excludes halogenated alkanes) is 5. The first kappa shape index (κ1) is 21.2. The Balaban J connectivity index is 2.28. The lowest BCUT2D eigenvalue weighted by atomic mass is 10.0. The van der Waals surface area contributed by atoms with Crippen molar-refractivity contribution in [3.05, 3.63) is 35.9 Å². The molecule has 1 amide bonds. The molecule has 1 aromatic carbocycles. The molecule has 0 radical (unpaired) electrons. The van der Waals surface area contributed by atoms with Crippen LogP contribution < -0.4 is 11.1 Å². The van der Waals surface area contributed by atoms with E-state index in [-0.39, 0.29) is 12.5 Å². The van der Waals surface area contributed by atoms with Gasteiger partial charge < -0.3 is 20.5 Å². The van der Waals surface area contributed by atoms with Gasteiger partial charge in [-0.15, -0.1) is 0 Å². The summed E-state index contributed by atoms with van der Waals surface area (Å²) in [5, 5.41) is 3.50. The third-order valence-corrected chi connectivity index (χ3v) is 4.18. The Morgan fingerprint density at radius 1 is 1.08 bits per heavy atom. The smallest absolute Gasteiger partial charge is 0.404 e. The minimum absolute atomic E-state index is 0.109. The molecule has 0 aliphatic rings. The number of benzene rings is 1. The molecule has 0 bridgehead atoms. The summed E-state index contributed by atoms with van der Waals surface area (Å²) in [4.78, 5) is 10.9. The molecule has 0 spiro atoms. The first-order valence-corrected chi connectivity index (χ1v) is 9.42. The molecular formula is C19H30N2O3S. The molecule has 0 aliphatic carbocycles. The standard InChI is InChI=1S/C19H30N2O3S/c1-2-3-4-5-6-10-13-21-19(25)24-15-17(14-23-18(20)22)16-11-8-7-9-12-16/h7-9,11-12,17H,2-6,10,13-15H2,1H3,(H2,20,22)(H,21,25). The van der Waals surface area contributed by atoms with Crippen molar-refractivity contribution in [1.29, 1.82) is 0 Å². The van der Waals surface area contributed by atoms with Crippen molar-refractivity contribution in [2.45, 2.75) is 51.4 Å². The summed E-state index contributed by atoms with van der Waals surface area (Å²) in [5.74, 6) is -0.109. The minimum Gasteiger partial charge on any atom is -0.470 e. The number of rotatable bonds is 12. The van der Waals surface area contributed by atoms with Crippen molar-refractivity contribution >= 4 is 23.5 Å². The van der Waals surface area contributed by atoms with E-state index in [0.29, 0.717) is 11.8 Å². The van der Waals surface area contributed by atoms with Crippen LogP contribution in [0.2, 0.25) is 0 Å². The van der Waals surface area contributed by atoms with Gasteiger partial charge in [0, 0.05) is 6.54 Å². The molecule has 0 saturated carbocycles. The van der Waals surface area contributed by atoms with Crippen LogP contribution in [0.25, 0.3) is 0 Å². The predicted molar refractivity (Wildman–Crippen MR) is 105 cm³/mol. The number of hydrogen-bond donors (Lipinski definition) is 2. The van der Waals surface area contributed by atoms with Gasteiger partial charge in [0.15, 0.2) is 0 Å². The second-order valence-corrected chi connectivity index (χ2v) is 6.40. The van der Waals surface area contributed by atoms with Gasteiger partial charge in [-0.25, -0.2) is 4.79 Å². The Hall–Kier alpha value is -1.82. The summed E-state index contributed by atoms with van der Waals surface area (Å²) in [6.45, 7) is 3.53. The van der Waals surface area contributed by atoms with Crippen LogP contribution in [-0.2, 0) is 9.47 Å². The second kappa shape index (κ2) is 13.5. The normalized spacial score (nSPS) is 11.6. The van der Waals surface area contributed by atoms with E-state index < -0.39 is 6.09 Å². The van der Waals surface area contributed by atoms with Gasteiger partial charge in [0.05, 0.1) is 5.92 Å². The number of nitrogens with one attached hydrogen (secondary N) is 1. The number of thiocarbonyl (C=S) groups is 1. The van der Waals surface area contributed by atoms with Crippen LogP contribution in [0.1, 0.15) is 56.9 Å². The maximum Gasteiger partial charge on any atom is 0.404 e. The van der Waals surface area contributed by atoms with E-state index in [1.165, 1.54) is 32.1 Å². The predicted octanol–water partition coefficient (Wildman–Crippen LogP) is 4.12. The van der Waals surface area contributed by atoms with Crippen molar-refractivity contribution < 1.29 is 14.3 Å². The van der Waals surface area contributed by atoms with Crippen molar-refractivity contribution in [1.82, 2.24) is 5.32 Å². The molecule has 140 valence electrons. The molecule has 0 aromatic heterocycles. The van der Waals surface area contributed by atoms with Crippen LogP contribution in [0.15, 0.2) is 30.3 Å². The fourth-order valence-corrected chi connectivity index (χ4v) is 2.64. The van der Waals surface area contributed by atoms with Crippen LogP contribution in [0.4, 0.5) is 4.79 Å². The van der Waals surface area contributed by atoms with Crippen LogP contribution in [0.3, 0.4) is 0 Å². The van der Waals surface area contributed by atoms with E-state index in [4.69, 9.17) is 27.4 Å². The van der Waals surface area contributed by atoms with Crippen molar-refractivity contribution in [2.75, 3.05) is 19.8 Å². The number of nitrogens with two attached hydrogens (primary N) is 1. The first-order valence-electron chi connectivity index (χ1n) is 9.01. The van der Waals surface area contributed by atoms with Gasteiger partial charge in [0.25, 0.3) is 5.17 Å². The monoisotopic (exact) mass is 366 g/mol. The fraction of sp³-hybridized carbons (Fsp3) is 0.579. The average Bonchev–Trinajstić information content (AvgIpc) is 2.61. The Labute approximate surface area is 156 Å². The molecule has 25 heavy (non-hydrogen) atoms. The maximum absolute atomic E-state index is 10.9. The summed E-state index contributed by atoms with van der Waals surface area (Å²) in [7, 11) is 0. The highest BCUT2D eigenvalue weighted by molar-refractivity contribution is 7.80. The molecule has 1 unspecified atom stereocenters. The van der Waals surface area contributed by atoms with Gasteiger partial charge in [0.2, 0.25) is 0 Å². The third kappa shape index (κ3) is 10.6. The quantitative estimate of drug-likeness (QED) is 0.430. The van der Waals surface area contributed by atoms with E-state index in [9.17, 15) is 4.79 Å². The van der Waals surface area contributed by atoms with Gasteiger partial charge >= 0.3 is 6.09 Å². The minimum atomic E-state index is -0.787. The highest BCUT2D eigenvalue weighted by Crippen LogP contribution is 2.16. The summed E-state index contributed by atoms with van der Waals surface area (Å²) in [6, 6.07) is 9.73. The lowest BCUT2D eigenvalue weighted by Gasteiger charge is -2.18. The number of carbonyl (C=O) groups is 1. The highest BCUT2D eigenvalue weighted by Gasteiger charge is 2.15. The topological polar surface area (TPSA) is 73.6 Å². The molecule has 3 N–H and O–H groups in total. The largest absolute Gasteiger partial charge is 0.470 e. The lowest BCUT2D eigenvalue weighted by Crippen LogP contribution is -2.28. The molecule has 1 rings (SSSR count). The Morgan fingerprint density at radius 3 is 2.40 bits per heavy atom. The van der Waals surface area contributed by atoms with Crippen LogP contribution in [-0.4, -0.2) is 31.0 Å². The van der Waals surface area contributed by atoms with Crippen LogP contribution in [0.5, 0.6) is 0 Å². The zero-order chi connectivity index (χ0) is 18.3. The SMILES string of the molecule is CCCCCCCCNC(=S)OCC(COC(N)=O)c1ccccc1.